The molecule has 0 spiro atoms. The molecule has 0 amide bonds. The van der Waals surface area contributed by atoms with Crippen LogP contribution in [0, 0.1) is 0 Å². The summed E-state index contributed by atoms with van der Waals surface area (Å²) in [4.78, 5) is 2.46. The van der Waals surface area contributed by atoms with Gasteiger partial charge < -0.3 is 20.1 Å². The Morgan fingerprint density at radius 3 is 2.94 bits per heavy atom. The van der Waals surface area contributed by atoms with E-state index in [1.807, 2.05) is 0 Å². The van der Waals surface area contributed by atoms with Crippen molar-refractivity contribution in [3.63, 3.8) is 0 Å². The van der Waals surface area contributed by atoms with Crippen molar-refractivity contribution in [1.29, 1.82) is 0 Å². The molecule has 1 saturated heterocycles. The molecule has 2 unspecified atom stereocenters. The van der Waals surface area contributed by atoms with Gasteiger partial charge in [-0.05, 0) is 45.8 Å². The van der Waals surface area contributed by atoms with Gasteiger partial charge in [0.25, 0.3) is 0 Å². The Labute approximate surface area is 105 Å². The zero-order valence-corrected chi connectivity index (χ0v) is 11.3. The van der Waals surface area contributed by atoms with Gasteiger partial charge in [0.05, 0.1) is 12.7 Å². The fraction of sp³-hybridized carbons (Fsp3) is 1.00. The quantitative estimate of drug-likeness (QED) is 0.664. The van der Waals surface area contributed by atoms with Crippen molar-refractivity contribution in [2.24, 2.45) is 0 Å². The highest BCUT2D eigenvalue weighted by molar-refractivity contribution is 4.75. The first-order valence-corrected chi connectivity index (χ1v) is 6.98. The van der Waals surface area contributed by atoms with Gasteiger partial charge in [-0.3, -0.25) is 0 Å². The van der Waals surface area contributed by atoms with Crippen LogP contribution in [-0.4, -0.2) is 61.5 Å². The molecule has 1 aliphatic rings. The minimum Gasteiger partial charge on any atom is -0.395 e. The SMILES string of the molecule is CCNC(CO)CCN1CCCC(OCC)C1. The van der Waals surface area contributed by atoms with E-state index in [4.69, 9.17) is 4.74 Å². The molecule has 1 aliphatic heterocycles. The molecule has 0 saturated carbocycles. The Bertz CT molecular complexity index is 188. The smallest absolute Gasteiger partial charge is 0.0702 e. The number of nitrogens with zero attached hydrogens (tertiary/aromatic N) is 1. The molecule has 0 aromatic carbocycles. The summed E-state index contributed by atoms with van der Waals surface area (Å²) in [5, 5.41) is 12.5. The predicted molar refractivity (Wildman–Crippen MR) is 70.3 cm³/mol. The highest BCUT2D eigenvalue weighted by atomic mass is 16.5. The monoisotopic (exact) mass is 244 g/mol. The van der Waals surface area contributed by atoms with E-state index in [1.54, 1.807) is 0 Å². The number of aliphatic hydroxyl groups is 1. The highest BCUT2D eigenvalue weighted by Gasteiger charge is 2.20. The van der Waals surface area contributed by atoms with E-state index < -0.39 is 0 Å². The van der Waals surface area contributed by atoms with Crippen LogP contribution in [0.4, 0.5) is 0 Å². The average molecular weight is 244 g/mol. The molecule has 1 heterocycles. The summed E-state index contributed by atoms with van der Waals surface area (Å²) >= 11 is 0. The zero-order valence-electron chi connectivity index (χ0n) is 11.3. The Morgan fingerprint density at radius 1 is 1.47 bits per heavy atom. The Morgan fingerprint density at radius 2 is 2.29 bits per heavy atom. The molecule has 102 valence electrons. The maximum absolute atomic E-state index is 9.22. The van der Waals surface area contributed by atoms with Crippen molar-refractivity contribution in [3.8, 4) is 0 Å². The van der Waals surface area contributed by atoms with Crippen LogP contribution in [0.5, 0.6) is 0 Å². The minimum atomic E-state index is 0.233. The van der Waals surface area contributed by atoms with Crippen LogP contribution in [-0.2, 0) is 4.74 Å². The Balaban J connectivity index is 2.21. The summed E-state index contributed by atoms with van der Waals surface area (Å²) in [7, 11) is 0. The summed E-state index contributed by atoms with van der Waals surface area (Å²) < 4.78 is 5.69. The van der Waals surface area contributed by atoms with Gasteiger partial charge in [-0.15, -0.1) is 0 Å². The third-order valence-electron chi connectivity index (χ3n) is 3.37. The second-order valence-corrected chi connectivity index (χ2v) is 4.75. The second kappa shape index (κ2) is 8.86. The van der Waals surface area contributed by atoms with Gasteiger partial charge in [-0.1, -0.05) is 6.92 Å². The van der Waals surface area contributed by atoms with Gasteiger partial charge >= 0.3 is 0 Å². The summed E-state index contributed by atoms with van der Waals surface area (Å²) in [6.07, 6.45) is 3.86. The second-order valence-electron chi connectivity index (χ2n) is 4.75. The van der Waals surface area contributed by atoms with Gasteiger partial charge in [0.1, 0.15) is 0 Å². The fourth-order valence-electron chi connectivity index (χ4n) is 2.47. The van der Waals surface area contributed by atoms with Crippen molar-refractivity contribution >= 4 is 0 Å². The third kappa shape index (κ3) is 5.82. The molecule has 0 aromatic rings. The minimum absolute atomic E-state index is 0.233. The number of likely N-dealkylation sites (tertiary alicyclic amines) is 1. The predicted octanol–water partition coefficient (Wildman–Crippen LogP) is 0.848. The first-order valence-electron chi connectivity index (χ1n) is 6.98. The molecule has 1 fully saturated rings. The van der Waals surface area contributed by atoms with Crippen molar-refractivity contribution in [1.82, 2.24) is 10.2 Å². The molecule has 4 heteroatoms. The van der Waals surface area contributed by atoms with E-state index in [2.05, 4.69) is 24.1 Å². The number of rotatable bonds is 8. The van der Waals surface area contributed by atoms with Gasteiger partial charge in [0, 0.05) is 19.2 Å². The van der Waals surface area contributed by atoms with Crippen LogP contribution in [0.2, 0.25) is 0 Å². The lowest BCUT2D eigenvalue weighted by atomic mass is 10.1. The van der Waals surface area contributed by atoms with Crippen molar-refractivity contribution < 1.29 is 9.84 Å². The largest absolute Gasteiger partial charge is 0.395 e. The molecule has 0 aliphatic carbocycles. The lowest BCUT2D eigenvalue weighted by molar-refractivity contribution is 0.00463. The number of likely N-dealkylation sites (N-methyl/N-ethyl adjacent to an activating group) is 1. The van der Waals surface area contributed by atoms with Crippen LogP contribution in [0.15, 0.2) is 0 Å². The summed E-state index contributed by atoms with van der Waals surface area (Å²) in [5.74, 6) is 0. The van der Waals surface area contributed by atoms with Crippen LogP contribution < -0.4 is 5.32 Å². The standard InChI is InChI=1S/C13H28N2O2/c1-3-14-12(11-16)7-9-15-8-5-6-13(10-15)17-4-2/h12-14,16H,3-11H2,1-2H3. The maximum Gasteiger partial charge on any atom is 0.0702 e. The number of hydrogen-bond donors (Lipinski definition) is 2. The number of aliphatic hydroxyl groups excluding tert-OH is 1. The lowest BCUT2D eigenvalue weighted by Crippen LogP contribution is -2.43. The van der Waals surface area contributed by atoms with Gasteiger partial charge in [-0.25, -0.2) is 0 Å². The molecule has 2 N–H and O–H groups in total. The molecule has 17 heavy (non-hydrogen) atoms. The Hall–Kier alpha value is -0.160. The van der Waals surface area contributed by atoms with E-state index >= 15 is 0 Å². The number of piperidine rings is 1. The summed E-state index contributed by atoms with van der Waals surface area (Å²) in [5.41, 5.74) is 0. The first kappa shape index (κ1) is 14.9. The van der Waals surface area contributed by atoms with Gasteiger partial charge in [0.15, 0.2) is 0 Å². The van der Waals surface area contributed by atoms with E-state index in [0.29, 0.717) is 6.10 Å². The summed E-state index contributed by atoms with van der Waals surface area (Å²) in [6, 6.07) is 0.243. The average Bonchev–Trinajstić information content (AvgIpc) is 2.35. The Kier molecular flexibility index (Phi) is 7.77. The molecule has 4 nitrogen and oxygen atoms in total. The van der Waals surface area contributed by atoms with Crippen LogP contribution in [0.25, 0.3) is 0 Å². The van der Waals surface area contributed by atoms with Crippen LogP contribution >= 0.6 is 0 Å². The molecular weight excluding hydrogens is 216 g/mol. The molecule has 0 aromatic heterocycles. The zero-order chi connectivity index (χ0) is 12.5. The van der Waals surface area contributed by atoms with E-state index in [0.717, 1.165) is 32.7 Å². The van der Waals surface area contributed by atoms with E-state index in [1.165, 1.54) is 19.4 Å². The topological polar surface area (TPSA) is 44.7 Å². The maximum atomic E-state index is 9.22. The van der Waals surface area contributed by atoms with E-state index in [9.17, 15) is 5.11 Å². The third-order valence-corrected chi connectivity index (χ3v) is 3.37. The summed E-state index contributed by atoms with van der Waals surface area (Å²) in [6.45, 7) is 9.40. The molecule has 2 atom stereocenters. The van der Waals surface area contributed by atoms with E-state index in [-0.39, 0.29) is 12.6 Å². The lowest BCUT2D eigenvalue weighted by Gasteiger charge is -2.33. The van der Waals surface area contributed by atoms with Crippen LogP contribution in [0.1, 0.15) is 33.1 Å². The molecule has 0 radical (unpaired) electrons. The first-order chi connectivity index (χ1) is 8.30. The fourth-order valence-corrected chi connectivity index (χ4v) is 2.47. The number of hydrogen-bond acceptors (Lipinski definition) is 4. The van der Waals surface area contributed by atoms with Crippen LogP contribution in [0.3, 0.4) is 0 Å². The van der Waals surface area contributed by atoms with Crippen molar-refractivity contribution in [3.05, 3.63) is 0 Å². The molecular formula is C13H28N2O2. The highest BCUT2D eigenvalue weighted by Crippen LogP contribution is 2.13. The van der Waals surface area contributed by atoms with Crippen molar-refractivity contribution in [2.45, 2.75) is 45.3 Å². The molecule has 1 rings (SSSR count). The van der Waals surface area contributed by atoms with Gasteiger partial charge in [-0.2, -0.15) is 0 Å². The van der Waals surface area contributed by atoms with Gasteiger partial charge in [0.2, 0.25) is 0 Å². The molecule has 0 bridgehead atoms. The number of ether oxygens (including phenoxy) is 1. The normalized spacial score (nSPS) is 23.8. The number of nitrogens with one attached hydrogen (secondary N) is 1. The van der Waals surface area contributed by atoms with Crippen molar-refractivity contribution in [2.75, 3.05) is 39.4 Å².